The van der Waals surface area contributed by atoms with E-state index in [1.54, 1.807) is 6.08 Å². The summed E-state index contributed by atoms with van der Waals surface area (Å²) < 4.78 is 64.7. The van der Waals surface area contributed by atoms with Gasteiger partial charge in [-0.25, -0.2) is 0 Å². The molecule has 0 saturated heterocycles. The SMILES string of the molecule is CC1(C)C=C(/C=C/C#Cc2ccc(C(=O)[O-])cc2)C(OS(=O)(=O)C(F)(F)F)=CC1. The van der Waals surface area contributed by atoms with E-state index in [1.807, 2.05) is 13.8 Å². The molecule has 0 fully saturated rings. The molecule has 0 N–H and O–H groups in total. The first-order chi connectivity index (χ1) is 13.3. The lowest BCUT2D eigenvalue weighted by molar-refractivity contribution is -0.255. The van der Waals surface area contributed by atoms with Crippen LogP contribution in [0.2, 0.25) is 0 Å². The third kappa shape index (κ3) is 5.99. The number of hydrogen-bond acceptors (Lipinski definition) is 5. The van der Waals surface area contributed by atoms with Crippen molar-refractivity contribution in [3.63, 3.8) is 0 Å². The number of carboxylic acids is 1. The van der Waals surface area contributed by atoms with Crippen molar-refractivity contribution in [3.05, 3.63) is 71.0 Å². The standard InChI is InChI=1S/C20H17F3O5S/c1-19(2)12-11-17(28-29(26,27)20(21,22)23)16(13-19)6-4-3-5-14-7-9-15(10-8-14)18(24)25/h4,6-11,13H,12H2,1-2H3,(H,24,25)/p-1/b6-4+. The number of carbonyl (C=O) groups is 1. The Labute approximate surface area is 166 Å². The van der Waals surface area contributed by atoms with Crippen LogP contribution in [0.1, 0.15) is 36.2 Å². The Bertz CT molecular complexity index is 1050. The number of carboxylic acid groups (broad SMARTS) is 1. The molecule has 0 unspecified atom stereocenters. The summed E-state index contributed by atoms with van der Waals surface area (Å²) in [6.07, 6.45) is 5.86. The lowest BCUT2D eigenvalue weighted by atomic mass is 9.83. The van der Waals surface area contributed by atoms with Crippen molar-refractivity contribution in [2.75, 3.05) is 0 Å². The first-order valence-corrected chi connectivity index (χ1v) is 9.65. The molecule has 5 nitrogen and oxygen atoms in total. The first-order valence-electron chi connectivity index (χ1n) is 8.24. The predicted molar refractivity (Wildman–Crippen MR) is 97.4 cm³/mol. The fourth-order valence-corrected chi connectivity index (χ4v) is 2.84. The fraction of sp³-hybridized carbons (Fsp3) is 0.250. The average Bonchev–Trinajstić information content (AvgIpc) is 2.60. The van der Waals surface area contributed by atoms with E-state index in [4.69, 9.17) is 0 Å². The summed E-state index contributed by atoms with van der Waals surface area (Å²) in [4.78, 5) is 10.7. The topological polar surface area (TPSA) is 83.5 Å². The van der Waals surface area contributed by atoms with Crippen molar-refractivity contribution in [1.29, 1.82) is 0 Å². The molecule has 154 valence electrons. The van der Waals surface area contributed by atoms with E-state index in [2.05, 4.69) is 16.0 Å². The molecule has 29 heavy (non-hydrogen) atoms. The molecule has 1 aliphatic carbocycles. The van der Waals surface area contributed by atoms with E-state index in [0.717, 1.165) is 0 Å². The lowest BCUT2D eigenvalue weighted by Gasteiger charge is -2.25. The molecule has 0 aromatic heterocycles. The van der Waals surface area contributed by atoms with E-state index >= 15 is 0 Å². The maximum absolute atomic E-state index is 12.6. The van der Waals surface area contributed by atoms with Crippen LogP contribution in [0, 0.1) is 17.3 Å². The highest BCUT2D eigenvalue weighted by molar-refractivity contribution is 7.87. The Morgan fingerprint density at radius 3 is 2.41 bits per heavy atom. The number of carbonyl (C=O) groups excluding carboxylic acids is 1. The molecule has 9 heteroatoms. The number of halogens is 3. The van der Waals surface area contributed by atoms with Crippen molar-refractivity contribution in [2.24, 2.45) is 5.41 Å². The fourth-order valence-electron chi connectivity index (χ4n) is 2.35. The summed E-state index contributed by atoms with van der Waals surface area (Å²) in [6.45, 7) is 3.66. The van der Waals surface area contributed by atoms with E-state index in [0.29, 0.717) is 12.0 Å². The van der Waals surface area contributed by atoms with Crippen LogP contribution in [0.5, 0.6) is 0 Å². The van der Waals surface area contributed by atoms with Gasteiger partial charge in [0.05, 0.1) is 5.97 Å². The summed E-state index contributed by atoms with van der Waals surface area (Å²) in [7, 11) is -5.78. The molecular weight excluding hydrogens is 409 g/mol. The Hall–Kier alpha value is -2.99. The molecular formula is C20H16F3O5S-. The summed E-state index contributed by atoms with van der Waals surface area (Å²) in [6, 6.07) is 5.59. The second-order valence-electron chi connectivity index (χ2n) is 6.81. The number of hydrogen-bond donors (Lipinski definition) is 0. The molecule has 0 radical (unpaired) electrons. The van der Waals surface area contributed by atoms with Gasteiger partial charge in [0.2, 0.25) is 0 Å². The summed E-state index contributed by atoms with van der Waals surface area (Å²) in [5.41, 5.74) is -5.30. The van der Waals surface area contributed by atoms with Crippen LogP contribution in [0.3, 0.4) is 0 Å². The van der Waals surface area contributed by atoms with Crippen LogP contribution < -0.4 is 5.11 Å². The maximum atomic E-state index is 12.6. The minimum Gasteiger partial charge on any atom is -0.545 e. The van der Waals surface area contributed by atoms with Crippen LogP contribution in [0.15, 0.2) is 59.9 Å². The van der Waals surface area contributed by atoms with Crippen LogP contribution in [-0.4, -0.2) is 19.9 Å². The molecule has 0 saturated carbocycles. The van der Waals surface area contributed by atoms with E-state index in [1.165, 1.54) is 42.5 Å². The van der Waals surface area contributed by atoms with Crippen LogP contribution in [-0.2, 0) is 14.3 Å². The van der Waals surface area contributed by atoms with E-state index in [-0.39, 0.29) is 11.1 Å². The van der Waals surface area contributed by atoms with Crippen molar-refractivity contribution in [3.8, 4) is 11.8 Å². The number of benzene rings is 1. The molecule has 0 amide bonds. The molecule has 1 aromatic carbocycles. The third-order valence-corrected chi connectivity index (χ3v) is 4.78. The number of aromatic carboxylic acids is 1. The summed E-state index contributed by atoms with van der Waals surface area (Å²) >= 11 is 0. The molecule has 1 aromatic rings. The smallest absolute Gasteiger partial charge is 0.534 e. The normalized spacial score (nSPS) is 16.4. The minimum absolute atomic E-state index is 0.00140. The van der Waals surface area contributed by atoms with Crippen LogP contribution >= 0.6 is 0 Å². The average molecular weight is 425 g/mol. The predicted octanol–water partition coefficient (Wildman–Crippen LogP) is 3.06. The molecule has 0 heterocycles. The second-order valence-corrected chi connectivity index (χ2v) is 8.35. The van der Waals surface area contributed by atoms with Gasteiger partial charge in [-0.1, -0.05) is 43.9 Å². The molecule has 0 spiro atoms. The lowest BCUT2D eigenvalue weighted by Crippen LogP contribution is -2.26. The molecule has 2 rings (SSSR count). The first kappa shape index (κ1) is 22.3. The summed E-state index contributed by atoms with van der Waals surface area (Å²) in [5.74, 6) is 3.64. The number of alkyl halides is 3. The maximum Gasteiger partial charge on any atom is 0.534 e. The zero-order valence-corrected chi connectivity index (χ0v) is 16.2. The van der Waals surface area contributed by atoms with Gasteiger partial charge < -0.3 is 14.1 Å². The van der Waals surface area contributed by atoms with Gasteiger partial charge in [-0.05, 0) is 47.8 Å². The number of allylic oxidation sites excluding steroid dienone is 4. The summed E-state index contributed by atoms with van der Waals surface area (Å²) in [5, 5.41) is 10.7. The highest BCUT2D eigenvalue weighted by atomic mass is 32.2. The van der Waals surface area contributed by atoms with Crippen LogP contribution in [0.25, 0.3) is 0 Å². The quantitative estimate of drug-likeness (QED) is 0.421. The van der Waals surface area contributed by atoms with Crippen molar-refractivity contribution in [1.82, 2.24) is 0 Å². The highest BCUT2D eigenvalue weighted by Crippen LogP contribution is 2.36. The zero-order chi connectivity index (χ0) is 21.9. The largest absolute Gasteiger partial charge is 0.545 e. The Kier molecular flexibility index (Phi) is 6.28. The van der Waals surface area contributed by atoms with Gasteiger partial charge in [-0.2, -0.15) is 21.6 Å². The van der Waals surface area contributed by atoms with E-state index < -0.39 is 32.8 Å². The molecule has 0 bridgehead atoms. The van der Waals surface area contributed by atoms with Gasteiger partial charge in [0.15, 0.2) is 0 Å². The Morgan fingerprint density at radius 1 is 1.24 bits per heavy atom. The Balaban J connectivity index is 2.22. The molecule has 0 aliphatic heterocycles. The van der Waals surface area contributed by atoms with Gasteiger partial charge in [-0.15, -0.1) is 0 Å². The highest BCUT2D eigenvalue weighted by Gasteiger charge is 2.49. The second kappa shape index (κ2) is 8.17. The van der Waals surface area contributed by atoms with Gasteiger partial charge in [0.1, 0.15) is 5.76 Å². The third-order valence-electron chi connectivity index (χ3n) is 3.81. The van der Waals surface area contributed by atoms with Gasteiger partial charge in [0, 0.05) is 11.1 Å². The Morgan fingerprint density at radius 2 is 1.86 bits per heavy atom. The number of rotatable bonds is 4. The minimum atomic E-state index is -5.78. The zero-order valence-electron chi connectivity index (χ0n) is 15.4. The van der Waals surface area contributed by atoms with Gasteiger partial charge >= 0.3 is 15.6 Å². The molecule has 1 aliphatic rings. The molecule has 0 atom stereocenters. The van der Waals surface area contributed by atoms with Crippen molar-refractivity contribution in [2.45, 2.75) is 25.8 Å². The van der Waals surface area contributed by atoms with Crippen molar-refractivity contribution < 1.29 is 35.7 Å². The van der Waals surface area contributed by atoms with E-state index in [9.17, 15) is 31.5 Å². The monoisotopic (exact) mass is 425 g/mol. The van der Waals surface area contributed by atoms with Crippen LogP contribution in [0.4, 0.5) is 13.2 Å². The van der Waals surface area contributed by atoms with Crippen molar-refractivity contribution >= 4 is 16.1 Å². The van der Waals surface area contributed by atoms with Gasteiger partial charge in [0.25, 0.3) is 0 Å². The van der Waals surface area contributed by atoms with Gasteiger partial charge in [-0.3, -0.25) is 0 Å².